The predicted octanol–water partition coefficient (Wildman–Crippen LogP) is 4.06. The first-order chi connectivity index (χ1) is 14.0. The summed E-state index contributed by atoms with van der Waals surface area (Å²) in [5, 5.41) is 0.453. The first kappa shape index (κ1) is 20.5. The first-order valence-corrected chi connectivity index (χ1v) is 9.97. The van der Waals surface area contributed by atoms with Crippen LogP contribution in [0.15, 0.2) is 48.5 Å². The van der Waals surface area contributed by atoms with E-state index in [2.05, 4.69) is 4.98 Å². The largest absolute Gasteiger partial charge is 0.490 e. The van der Waals surface area contributed by atoms with Gasteiger partial charge in [0.1, 0.15) is 0 Å². The Balaban J connectivity index is 1.74. The fraction of sp³-hybridized carbons (Fsp3) is 0.227. The molecule has 0 unspecified atom stereocenters. The number of fused-ring (bicyclic) bond motifs is 1. The van der Waals surface area contributed by atoms with Crippen LogP contribution < -0.4 is 9.47 Å². The average molecular weight is 410 g/mol. The fourth-order valence-corrected chi connectivity index (χ4v) is 3.39. The zero-order valence-electron chi connectivity index (χ0n) is 16.5. The third kappa shape index (κ3) is 5.20. The molecule has 2 aromatic carbocycles. The Morgan fingerprint density at radius 2 is 1.90 bits per heavy atom. The van der Waals surface area contributed by atoms with Crippen molar-refractivity contribution in [2.75, 3.05) is 27.3 Å². The number of para-hydroxylation sites is 1. The number of aromatic nitrogens is 1. The number of benzene rings is 2. The van der Waals surface area contributed by atoms with Gasteiger partial charge in [-0.2, -0.15) is 0 Å². The van der Waals surface area contributed by atoms with Crippen LogP contribution in [0.1, 0.15) is 22.3 Å². The summed E-state index contributed by atoms with van der Waals surface area (Å²) < 4.78 is 12.2. The molecule has 1 amide bonds. The quantitative estimate of drug-likeness (QED) is 0.414. The monoisotopic (exact) mass is 410 g/mol. The van der Waals surface area contributed by atoms with Crippen LogP contribution in [0.3, 0.4) is 0 Å². The first-order valence-electron chi connectivity index (χ1n) is 9.15. The Morgan fingerprint density at radius 3 is 2.62 bits per heavy atom. The van der Waals surface area contributed by atoms with E-state index in [0.717, 1.165) is 15.8 Å². The SMILES string of the molecule is CCOc1cc(/C=C/C(=O)c2nc3ccccc3s2)ccc1OCC(=O)N(C)C. The zero-order valence-corrected chi connectivity index (χ0v) is 17.4. The number of likely N-dealkylation sites (N-methyl/N-ethyl adjacent to an activating group) is 1. The number of rotatable bonds is 8. The summed E-state index contributed by atoms with van der Waals surface area (Å²) >= 11 is 1.37. The maximum Gasteiger partial charge on any atom is 0.259 e. The van der Waals surface area contributed by atoms with Crippen molar-refractivity contribution in [2.24, 2.45) is 0 Å². The van der Waals surface area contributed by atoms with Crippen molar-refractivity contribution in [3.05, 3.63) is 59.1 Å². The smallest absolute Gasteiger partial charge is 0.259 e. The van der Waals surface area contributed by atoms with Crippen molar-refractivity contribution in [1.82, 2.24) is 9.88 Å². The molecule has 0 N–H and O–H groups in total. The van der Waals surface area contributed by atoms with E-state index in [1.54, 1.807) is 38.4 Å². The molecule has 0 aliphatic rings. The van der Waals surface area contributed by atoms with Gasteiger partial charge in [0.15, 0.2) is 23.1 Å². The third-order valence-electron chi connectivity index (χ3n) is 4.05. The minimum Gasteiger partial charge on any atom is -0.490 e. The van der Waals surface area contributed by atoms with Crippen LogP contribution in [-0.4, -0.2) is 48.9 Å². The van der Waals surface area contributed by atoms with Gasteiger partial charge in [0, 0.05) is 14.1 Å². The molecule has 0 spiro atoms. The van der Waals surface area contributed by atoms with E-state index >= 15 is 0 Å². The number of amides is 1. The number of carbonyl (C=O) groups excluding carboxylic acids is 2. The lowest BCUT2D eigenvalue weighted by Crippen LogP contribution is -2.27. The van der Waals surface area contributed by atoms with Gasteiger partial charge >= 0.3 is 0 Å². The molecule has 0 fully saturated rings. The second-order valence-corrected chi connectivity index (χ2v) is 7.43. The van der Waals surface area contributed by atoms with Crippen molar-refractivity contribution < 1.29 is 19.1 Å². The molecule has 0 aliphatic heterocycles. The Hall–Kier alpha value is -3.19. The van der Waals surface area contributed by atoms with Gasteiger partial charge in [0.25, 0.3) is 5.91 Å². The van der Waals surface area contributed by atoms with Crippen LogP contribution >= 0.6 is 11.3 Å². The second kappa shape index (κ2) is 9.34. The van der Waals surface area contributed by atoms with Crippen molar-refractivity contribution in [3.8, 4) is 11.5 Å². The summed E-state index contributed by atoms with van der Waals surface area (Å²) in [7, 11) is 3.34. The highest BCUT2D eigenvalue weighted by atomic mass is 32.1. The molecular weight excluding hydrogens is 388 g/mol. The summed E-state index contributed by atoms with van der Waals surface area (Å²) in [6.07, 6.45) is 3.21. The summed E-state index contributed by atoms with van der Waals surface area (Å²) in [4.78, 5) is 30.0. The number of ketones is 1. The number of hydrogen-bond donors (Lipinski definition) is 0. The van der Waals surface area contributed by atoms with Crippen LogP contribution in [0.5, 0.6) is 11.5 Å². The van der Waals surface area contributed by atoms with Crippen molar-refractivity contribution in [3.63, 3.8) is 0 Å². The molecule has 0 bridgehead atoms. The molecule has 0 aliphatic carbocycles. The molecule has 3 rings (SSSR count). The Labute approximate surface area is 173 Å². The molecule has 0 saturated carbocycles. The number of hydrogen-bond acceptors (Lipinski definition) is 6. The molecular formula is C22H22N2O4S. The summed E-state index contributed by atoms with van der Waals surface area (Å²) in [6, 6.07) is 13.0. The Bertz CT molecular complexity index is 1020. The second-order valence-electron chi connectivity index (χ2n) is 6.40. The van der Waals surface area contributed by atoms with E-state index in [4.69, 9.17) is 9.47 Å². The number of ether oxygens (including phenoxy) is 2. The lowest BCUT2D eigenvalue weighted by Gasteiger charge is -2.14. The molecule has 3 aromatic rings. The number of thiazole rings is 1. The highest BCUT2D eigenvalue weighted by Crippen LogP contribution is 2.29. The number of allylic oxidation sites excluding steroid dienone is 1. The molecule has 0 radical (unpaired) electrons. The number of nitrogens with zero attached hydrogens (tertiary/aromatic N) is 2. The van der Waals surface area contributed by atoms with Gasteiger partial charge in [-0.1, -0.05) is 24.3 Å². The maximum absolute atomic E-state index is 12.5. The minimum absolute atomic E-state index is 0.0711. The van der Waals surface area contributed by atoms with Gasteiger partial charge in [-0.3, -0.25) is 9.59 Å². The van der Waals surface area contributed by atoms with Crippen LogP contribution in [0, 0.1) is 0 Å². The normalized spacial score (nSPS) is 11.0. The van der Waals surface area contributed by atoms with Crippen LogP contribution in [-0.2, 0) is 4.79 Å². The molecule has 7 heteroatoms. The fourth-order valence-electron chi connectivity index (χ4n) is 2.51. The predicted molar refractivity (Wildman–Crippen MR) is 115 cm³/mol. The van der Waals surface area contributed by atoms with E-state index in [1.165, 1.54) is 22.3 Å². The van der Waals surface area contributed by atoms with Crippen LogP contribution in [0.25, 0.3) is 16.3 Å². The van der Waals surface area contributed by atoms with Gasteiger partial charge in [0.05, 0.1) is 16.8 Å². The van der Waals surface area contributed by atoms with Crippen molar-refractivity contribution >= 4 is 39.3 Å². The van der Waals surface area contributed by atoms with E-state index in [-0.39, 0.29) is 18.3 Å². The molecule has 0 atom stereocenters. The summed E-state index contributed by atoms with van der Waals surface area (Å²) in [5.74, 6) is 0.712. The summed E-state index contributed by atoms with van der Waals surface area (Å²) in [5.41, 5.74) is 1.61. The van der Waals surface area contributed by atoms with E-state index < -0.39 is 0 Å². The molecule has 150 valence electrons. The van der Waals surface area contributed by atoms with E-state index in [0.29, 0.717) is 23.1 Å². The van der Waals surface area contributed by atoms with E-state index in [9.17, 15) is 9.59 Å². The lowest BCUT2D eigenvalue weighted by atomic mass is 10.1. The maximum atomic E-state index is 12.5. The average Bonchev–Trinajstić information content (AvgIpc) is 3.15. The Kier molecular flexibility index (Phi) is 6.61. The highest BCUT2D eigenvalue weighted by molar-refractivity contribution is 7.20. The lowest BCUT2D eigenvalue weighted by molar-refractivity contribution is -0.130. The molecule has 29 heavy (non-hydrogen) atoms. The van der Waals surface area contributed by atoms with Crippen LogP contribution in [0.4, 0.5) is 0 Å². The van der Waals surface area contributed by atoms with Gasteiger partial charge in [-0.25, -0.2) is 4.98 Å². The zero-order chi connectivity index (χ0) is 20.8. The standard InChI is InChI=1S/C22H22N2O4S/c1-4-27-19-13-15(10-12-18(19)28-14-21(26)24(2)3)9-11-17(25)22-23-16-7-5-6-8-20(16)29-22/h5-13H,4,14H2,1-3H3/b11-9+. The third-order valence-corrected chi connectivity index (χ3v) is 5.10. The van der Waals surface area contributed by atoms with Gasteiger partial charge < -0.3 is 14.4 Å². The topological polar surface area (TPSA) is 68.7 Å². The molecule has 6 nitrogen and oxygen atoms in total. The van der Waals surface area contributed by atoms with Crippen molar-refractivity contribution in [2.45, 2.75) is 6.92 Å². The summed E-state index contributed by atoms with van der Waals surface area (Å²) in [6.45, 7) is 2.25. The molecule has 1 aromatic heterocycles. The molecule has 0 saturated heterocycles. The minimum atomic E-state index is -0.152. The Morgan fingerprint density at radius 1 is 1.10 bits per heavy atom. The number of carbonyl (C=O) groups is 2. The highest BCUT2D eigenvalue weighted by Gasteiger charge is 2.11. The molecule has 1 heterocycles. The van der Waals surface area contributed by atoms with Gasteiger partial charge in [-0.05, 0) is 42.8 Å². The van der Waals surface area contributed by atoms with E-state index in [1.807, 2.05) is 31.2 Å². The van der Waals surface area contributed by atoms with Crippen molar-refractivity contribution in [1.29, 1.82) is 0 Å². The van der Waals surface area contributed by atoms with Gasteiger partial charge in [0.2, 0.25) is 5.78 Å². The van der Waals surface area contributed by atoms with Gasteiger partial charge in [-0.15, -0.1) is 11.3 Å². The van der Waals surface area contributed by atoms with Crippen LogP contribution in [0.2, 0.25) is 0 Å².